The van der Waals surface area contributed by atoms with Gasteiger partial charge in [0.2, 0.25) is 0 Å². The highest BCUT2D eigenvalue weighted by molar-refractivity contribution is 7.16. The third kappa shape index (κ3) is 3.23. The van der Waals surface area contributed by atoms with E-state index in [2.05, 4.69) is 10.3 Å². The zero-order valence-corrected chi connectivity index (χ0v) is 15.2. The molecule has 2 aromatic heterocycles. The third-order valence-electron chi connectivity index (χ3n) is 3.64. The molecule has 2 N–H and O–H groups in total. The molecule has 0 bridgehead atoms. The van der Waals surface area contributed by atoms with Gasteiger partial charge in [-0.15, -0.1) is 22.7 Å². The number of halogens is 2. The Balaban J connectivity index is 2.03. The van der Waals surface area contributed by atoms with Crippen LogP contribution in [0.15, 0.2) is 23.7 Å². The maximum atomic E-state index is 14.3. The van der Waals surface area contributed by atoms with Crippen LogP contribution in [-0.4, -0.2) is 22.0 Å². The van der Waals surface area contributed by atoms with E-state index in [0.717, 1.165) is 22.7 Å². The highest BCUT2D eigenvalue weighted by Crippen LogP contribution is 2.38. The molecule has 5 nitrogen and oxygen atoms in total. The molecule has 3 rings (SSSR count). The fourth-order valence-corrected chi connectivity index (χ4v) is 3.97. The van der Waals surface area contributed by atoms with Crippen LogP contribution in [-0.2, 0) is 0 Å². The van der Waals surface area contributed by atoms with E-state index in [1.807, 2.05) is 0 Å². The summed E-state index contributed by atoms with van der Waals surface area (Å²) in [5.41, 5.74) is -0.329. The minimum Gasteiger partial charge on any atom is -0.478 e. The van der Waals surface area contributed by atoms with E-state index in [1.54, 1.807) is 6.92 Å². The molecule has 0 fully saturated rings. The predicted molar refractivity (Wildman–Crippen MR) is 96.2 cm³/mol. The minimum atomic E-state index is -1.35. The van der Waals surface area contributed by atoms with Gasteiger partial charge in [0.1, 0.15) is 15.4 Å². The van der Waals surface area contributed by atoms with Crippen molar-refractivity contribution in [3.05, 3.63) is 56.4 Å². The lowest BCUT2D eigenvalue weighted by molar-refractivity contribution is 0.0699. The van der Waals surface area contributed by atoms with Crippen LogP contribution in [0.25, 0.3) is 11.1 Å². The van der Waals surface area contributed by atoms with Gasteiger partial charge in [0.05, 0.1) is 11.2 Å². The maximum Gasteiger partial charge on any atom is 0.339 e. The standard InChI is InChI=1S/C17H12F2N2O3S2/c1-7-3-4-9(14(19)13(7)18)10-6-25-16(12(10)17(23)24)21-15(22)11-5-20-8(2)26-11/h3-6H,1-2H3,(H,21,22)(H,23,24). The van der Waals surface area contributed by atoms with Crippen LogP contribution in [0, 0.1) is 25.5 Å². The number of thiophene rings is 1. The Morgan fingerprint density at radius 1 is 1.15 bits per heavy atom. The normalized spacial score (nSPS) is 10.8. The number of carbonyl (C=O) groups is 2. The fourth-order valence-electron chi connectivity index (χ4n) is 2.35. The summed E-state index contributed by atoms with van der Waals surface area (Å²) in [6.45, 7) is 3.15. The summed E-state index contributed by atoms with van der Waals surface area (Å²) >= 11 is 2.09. The summed E-state index contributed by atoms with van der Waals surface area (Å²) < 4.78 is 28.1. The van der Waals surface area contributed by atoms with Gasteiger partial charge in [0, 0.05) is 16.5 Å². The number of carboxylic acid groups (broad SMARTS) is 1. The first-order valence-corrected chi connectivity index (χ1v) is 9.02. The summed E-state index contributed by atoms with van der Waals surface area (Å²) in [7, 11) is 0. The quantitative estimate of drug-likeness (QED) is 0.671. The Hall–Kier alpha value is -2.65. The molecule has 1 amide bonds. The van der Waals surface area contributed by atoms with Gasteiger partial charge in [-0.3, -0.25) is 4.79 Å². The summed E-state index contributed by atoms with van der Waals surface area (Å²) in [5, 5.41) is 14.2. The maximum absolute atomic E-state index is 14.3. The molecule has 0 unspecified atom stereocenters. The predicted octanol–water partition coefficient (Wildman–Crippen LogP) is 4.72. The molecule has 1 aromatic carbocycles. The molecule has 0 aliphatic rings. The van der Waals surface area contributed by atoms with Gasteiger partial charge in [-0.05, 0) is 19.4 Å². The van der Waals surface area contributed by atoms with Crippen LogP contribution < -0.4 is 5.32 Å². The monoisotopic (exact) mass is 394 g/mol. The van der Waals surface area contributed by atoms with Crippen molar-refractivity contribution < 1.29 is 23.5 Å². The van der Waals surface area contributed by atoms with Crippen LogP contribution >= 0.6 is 22.7 Å². The van der Waals surface area contributed by atoms with E-state index in [0.29, 0.717) is 9.88 Å². The molecule has 0 saturated heterocycles. The molecular weight excluding hydrogens is 382 g/mol. The van der Waals surface area contributed by atoms with Crippen molar-refractivity contribution in [1.82, 2.24) is 4.98 Å². The topological polar surface area (TPSA) is 79.3 Å². The zero-order chi connectivity index (χ0) is 19.0. The second-order valence-electron chi connectivity index (χ2n) is 5.41. The molecule has 134 valence electrons. The molecule has 9 heteroatoms. The SMILES string of the molecule is Cc1ncc(C(=O)Nc2scc(-c3ccc(C)c(F)c3F)c2C(=O)O)s1. The van der Waals surface area contributed by atoms with Crippen molar-refractivity contribution in [1.29, 1.82) is 0 Å². The number of hydrogen-bond donors (Lipinski definition) is 2. The van der Waals surface area contributed by atoms with Gasteiger partial charge in [0.15, 0.2) is 11.6 Å². The Bertz CT molecular complexity index is 1030. The molecule has 26 heavy (non-hydrogen) atoms. The molecule has 0 aliphatic carbocycles. The van der Waals surface area contributed by atoms with E-state index < -0.39 is 23.5 Å². The summed E-state index contributed by atoms with van der Waals surface area (Å²) in [5.74, 6) is -4.02. The largest absolute Gasteiger partial charge is 0.478 e. The first-order chi connectivity index (χ1) is 12.3. The Morgan fingerprint density at radius 3 is 2.50 bits per heavy atom. The number of aromatic carboxylic acids is 1. The van der Waals surface area contributed by atoms with E-state index in [4.69, 9.17) is 0 Å². The van der Waals surface area contributed by atoms with Gasteiger partial charge in [-0.1, -0.05) is 12.1 Å². The van der Waals surface area contributed by atoms with Gasteiger partial charge in [0.25, 0.3) is 5.91 Å². The lowest BCUT2D eigenvalue weighted by Crippen LogP contribution is -2.12. The lowest BCUT2D eigenvalue weighted by Gasteiger charge is -2.07. The number of aromatic nitrogens is 1. The number of benzene rings is 1. The van der Waals surface area contributed by atoms with Gasteiger partial charge >= 0.3 is 5.97 Å². The number of nitrogens with one attached hydrogen (secondary N) is 1. The van der Waals surface area contributed by atoms with Crippen molar-refractivity contribution in [2.45, 2.75) is 13.8 Å². The average molecular weight is 394 g/mol. The van der Waals surface area contributed by atoms with Gasteiger partial charge in [-0.25, -0.2) is 18.6 Å². The smallest absolute Gasteiger partial charge is 0.339 e. The minimum absolute atomic E-state index is 0.00897. The molecule has 2 heterocycles. The second kappa shape index (κ2) is 6.93. The van der Waals surface area contributed by atoms with Crippen molar-refractivity contribution in [2.75, 3.05) is 5.32 Å². The van der Waals surface area contributed by atoms with Crippen molar-refractivity contribution >= 4 is 39.6 Å². The van der Waals surface area contributed by atoms with Crippen molar-refractivity contribution in [3.63, 3.8) is 0 Å². The van der Waals surface area contributed by atoms with Gasteiger partial charge < -0.3 is 10.4 Å². The first kappa shape index (κ1) is 18.2. The number of rotatable bonds is 4. The molecule has 3 aromatic rings. The van der Waals surface area contributed by atoms with Crippen molar-refractivity contribution in [3.8, 4) is 11.1 Å². The van der Waals surface area contributed by atoms with E-state index in [-0.39, 0.29) is 27.3 Å². The molecule has 0 saturated carbocycles. The van der Waals surface area contributed by atoms with Crippen LogP contribution in [0.4, 0.5) is 13.8 Å². The van der Waals surface area contributed by atoms with Crippen molar-refractivity contribution in [2.24, 2.45) is 0 Å². The highest BCUT2D eigenvalue weighted by Gasteiger charge is 2.25. The number of nitrogens with zero attached hydrogens (tertiary/aromatic N) is 1. The number of aryl methyl sites for hydroxylation is 2. The zero-order valence-electron chi connectivity index (χ0n) is 13.6. The number of anilines is 1. The number of thiazole rings is 1. The summed E-state index contributed by atoms with van der Waals surface area (Å²) in [4.78, 5) is 28.2. The number of carboxylic acids is 1. The summed E-state index contributed by atoms with van der Waals surface area (Å²) in [6.07, 6.45) is 1.39. The number of amides is 1. The van der Waals surface area contributed by atoms with E-state index in [9.17, 15) is 23.5 Å². The number of carbonyl (C=O) groups excluding carboxylic acids is 1. The van der Waals surface area contributed by atoms with E-state index in [1.165, 1.54) is 30.6 Å². The van der Waals surface area contributed by atoms with Crippen LogP contribution in [0.1, 0.15) is 30.6 Å². The molecular formula is C17H12F2N2O3S2. The number of hydrogen-bond acceptors (Lipinski definition) is 5. The third-order valence-corrected chi connectivity index (χ3v) is 5.45. The molecule has 0 atom stereocenters. The first-order valence-electron chi connectivity index (χ1n) is 7.33. The molecule has 0 radical (unpaired) electrons. The second-order valence-corrected chi connectivity index (χ2v) is 7.53. The molecule has 0 aliphatic heterocycles. The average Bonchev–Trinajstić information content (AvgIpc) is 3.19. The van der Waals surface area contributed by atoms with Crippen LogP contribution in [0.3, 0.4) is 0 Å². The van der Waals surface area contributed by atoms with Crippen LogP contribution in [0.2, 0.25) is 0 Å². The van der Waals surface area contributed by atoms with E-state index >= 15 is 0 Å². The Labute approximate surface area is 155 Å². The van der Waals surface area contributed by atoms with Crippen LogP contribution in [0.5, 0.6) is 0 Å². The lowest BCUT2D eigenvalue weighted by atomic mass is 10.0. The molecule has 0 spiro atoms. The Morgan fingerprint density at radius 2 is 1.88 bits per heavy atom. The highest BCUT2D eigenvalue weighted by atomic mass is 32.1. The van der Waals surface area contributed by atoms with Gasteiger partial charge in [-0.2, -0.15) is 0 Å². The fraction of sp³-hybridized carbons (Fsp3) is 0.118. The summed E-state index contributed by atoms with van der Waals surface area (Å²) in [6, 6.07) is 2.69. The Kier molecular flexibility index (Phi) is 4.84.